The van der Waals surface area contributed by atoms with Gasteiger partial charge in [-0.2, -0.15) is 0 Å². The molecule has 0 spiro atoms. The van der Waals surface area contributed by atoms with Crippen LogP contribution in [0.5, 0.6) is 0 Å². The van der Waals surface area contributed by atoms with E-state index in [1.807, 2.05) is 12.4 Å². The molecule has 2 aliphatic heterocycles. The zero-order chi connectivity index (χ0) is 18.9. The third-order valence-electron chi connectivity index (χ3n) is 6.12. The summed E-state index contributed by atoms with van der Waals surface area (Å²) in [6.45, 7) is 6.25. The molecule has 146 valence electrons. The fourth-order valence-corrected chi connectivity index (χ4v) is 4.49. The van der Waals surface area contributed by atoms with Crippen LogP contribution in [0.2, 0.25) is 0 Å². The van der Waals surface area contributed by atoms with Crippen LogP contribution in [-0.2, 0) is 9.47 Å². The number of H-pyrrole nitrogens is 1. The summed E-state index contributed by atoms with van der Waals surface area (Å²) in [6, 6.07) is 9.42. The highest BCUT2D eigenvalue weighted by Crippen LogP contribution is 2.36. The molecular weight excluding hydrogens is 350 g/mol. The number of nitrogens with one attached hydrogen (secondary N) is 2. The molecule has 1 atom stereocenters. The van der Waals surface area contributed by atoms with Crippen molar-refractivity contribution in [2.45, 2.75) is 31.7 Å². The lowest BCUT2D eigenvalue weighted by Crippen LogP contribution is -2.35. The Labute approximate surface area is 165 Å². The molecule has 2 aliphatic rings. The first-order valence-corrected chi connectivity index (χ1v) is 10.3. The molecule has 3 aromatic rings. The maximum Gasteiger partial charge on any atom is 0.137 e. The third kappa shape index (κ3) is 3.34. The summed E-state index contributed by atoms with van der Waals surface area (Å²) < 4.78 is 11.4. The van der Waals surface area contributed by atoms with Gasteiger partial charge in [0.1, 0.15) is 5.65 Å². The number of rotatable bonds is 3. The van der Waals surface area contributed by atoms with E-state index in [9.17, 15) is 0 Å². The van der Waals surface area contributed by atoms with Crippen molar-refractivity contribution in [3.8, 4) is 11.1 Å². The molecule has 1 aromatic carbocycles. The molecule has 5 nitrogen and oxygen atoms in total. The van der Waals surface area contributed by atoms with E-state index in [1.54, 1.807) is 0 Å². The Hall–Kier alpha value is -2.21. The molecule has 0 unspecified atom stereocenters. The van der Waals surface area contributed by atoms with Gasteiger partial charge in [-0.1, -0.05) is 12.1 Å². The molecule has 2 N–H and O–H groups in total. The first-order valence-electron chi connectivity index (χ1n) is 10.3. The Morgan fingerprint density at radius 1 is 1.00 bits per heavy atom. The quantitative estimate of drug-likeness (QED) is 0.722. The van der Waals surface area contributed by atoms with Crippen LogP contribution in [0.15, 0.2) is 36.7 Å². The summed E-state index contributed by atoms with van der Waals surface area (Å²) in [5.74, 6) is 0.564. The Kier molecular flexibility index (Phi) is 4.89. The number of aromatic amines is 1. The monoisotopic (exact) mass is 377 g/mol. The molecule has 0 amide bonds. The highest BCUT2D eigenvalue weighted by Gasteiger charge is 2.25. The average Bonchev–Trinajstić information content (AvgIpc) is 3.15. The Morgan fingerprint density at radius 2 is 1.89 bits per heavy atom. The van der Waals surface area contributed by atoms with Gasteiger partial charge in [-0.15, -0.1) is 0 Å². The van der Waals surface area contributed by atoms with Crippen molar-refractivity contribution >= 4 is 11.0 Å². The van der Waals surface area contributed by atoms with Crippen molar-refractivity contribution in [2.75, 3.05) is 33.0 Å². The number of morpholine rings is 1. The molecule has 4 heterocycles. The van der Waals surface area contributed by atoms with Gasteiger partial charge in [0.15, 0.2) is 0 Å². The van der Waals surface area contributed by atoms with Crippen LogP contribution in [0, 0.1) is 6.92 Å². The first-order chi connectivity index (χ1) is 13.8. The molecular formula is C23H27N3O2. The lowest BCUT2D eigenvalue weighted by atomic mass is 9.84. The molecule has 2 aromatic heterocycles. The van der Waals surface area contributed by atoms with E-state index in [2.05, 4.69) is 46.5 Å². The molecule has 0 aliphatic carbocycles. The normalized spacial score (nSPS) is 21.2. The van der Waals surface area contributed by atoms with E-state index in [4.69, 9.17) is 9.47 Å². The van der Waals surface area contributed by atoms with Gasteiger partial charge in [-0.05, 0) is 60.1 Å². The van der Waals surface area contributed by atoms with Crippen molar-refractivity contribution in [1.82, 2.24) is 15.3 Å². The van der Waals surface area contributed by atoms with E-state index >= 15 is 0 Å². The van der Waals surface area contributed by atoms with Crippen LogP contribution < -0.4 is 5.32 Å². The number of pyridine rings is 1. The lowest BCUT2D eigenvalue weighted by molar-refractivity contribution is 0.0740. The second-order valence-electron chi connectivity index (χ2n) is 7.90. The summed E-state index contributed by atoms with van der Waals surface area (Å²) in [5, 5.41) is 4.84. The minimum Gasteiger partial charge on any atom is -0.381 e. The number of hydrogen-bond acceptors (Lipinski definition) is 4. The minimum atomic E-state index is 0.247. The molecule has 28 heavy (non-hydrogen) atoms. The molecule has 5 heteroatoms. The predicted molar refractivity (Wildman–Crippen MR) is 111 cm³/mol. The summed E-state index contributed by atoms with van der Waals surface area (Å²) >= 11 is 0. The van der Waals surface area contributed by atoms with Crippen LogP contribution in [0.4, 0.5) is 0 Å². The van der Waals surface area contributed by atoms with E-state index < -0.39 is 0 Å². The number of ether oxygens (including phenoxy) is 2. The first kappa shape index (κ1) is 17.9. The Bertz CT molecular complexity index is 969. The maximum atomic E-state index is 5.78. The van der Waals surface area contributed by atoms with Gasteiger partial charge in [0.05, 0.1) is 19.3 Å². The van der Waals surface area contributed by atoms with Crippen molar-refractivity contribution in [3.05, 3.63) is 53.3 Å². The molecule has 0 radical (unpaired) electrons. The minimum absolute atomic E-state index is 0.247. The second-order valence-corrected chi connectivity index (χ2v) is 7.90. The Morgan fingerprint density at radius 3 is 2.71 bits per heavy atom. The van der Waals surface area contributed by atoms with Gasteiger partial charge in [-0.25, -0.2) is 4.98 Å². The fourth-order valence-electron chi connectivity index (χ4n) is 4.49. The van der Waals surface area contributed by atoms with E-state index in [1.165, 1.54) is 27.6 Å². The third-order valence-corrected chi connectivity index (χ3v) is 6.12. The molecule has 0 bridgehead atoms. The summed E-state index contributed by atoms with van der Waals surface area (Å²) in [5.41, 5.74) is 7.37. The number of aromatic nitrogens is 2. The van der Waals surface area contributed by atoms with Crippen molar-refractivity contribution in [3.63, 3.8) is 0 Å². The van der Waals surface area contributed by atoms with Gasteiger partial charge in [0.25, 0.3) is 0 Å². The average molecular weight is 377 g/mol. The maximum absolute atomic E-state index is 5.78. The number of benzene rings is 1. The highest BCUT2D eigenvalue weighted by molar-refractivity contribution is 5.84. The Balaban J connectivity index is 1.57. The van der Waals surface area contributed by atoms with E-state index in [0.717, 1.165) is 57.0 Å². The van der Waals surface area contributed by atoms with E-state index in [0.29, 0.717) is 5.92 Å². The largest absolute Gasteiger partial charge is 0.381 e. The van der Waals surface area contributed by atoms with Gasteiger partial charge in [0.2, 0.25) is 0 Å². The second kappa shape index (κ2) is 7.66. The van der Waals surface area contributed by atoms with Crippen LogP contribution in [0.3, 0.4) is 0 Å². The van der Waals surface area contributed by atoms with Crippen molar-refractivity contribution in [1.29, 1.82) is 0 Å². The number of aryl methyl sites for hydroxylation is 1. The summed E-state index contributed by atoms with van der Waals surface area (Å²) in [7, 11) is 0. The van der Waals surface area contributed by atoms with Gasteiger partial charge >= 0.3 is 0 Å². The lowest BCUT2D eigenvalue weighted by Gasteiger charge is -2.31. The van der Waals surface area contributed by atoms with Crippen LogP contribution in [0.1, 0.15) is 41.5 Å². The summed E-state index contributed by atoms with van der Waals surface area (Å²) in [4.78, 5) is 7.85. The summed E-state index contributed by atoms with van der Waals surface area (Å²) in [6.07, 6.45) is 6.17. The molecule has 2 saturated heterocycles. The molecule has 2 fully saturated rings. The topological polar surface area (TPSA) is 59.2 Å². The van der Waals surface area contributed by atoms with Gasteiger partial charge in [-0.3, -0.25) is 0 Å². The van der Waals surface area contributed by atoms with Gasteiger partial charge in [0, 0.05) is 43.1 Å². The highest BCUT2D eigenvalue weighted by atomic mass is 16.5. The number of nitrogens with zero attached hydrogens (tertiary/aromatic N) is 1. The molecule has 5 rings (SSSR count). The smallest absolute Gasteiger partial charge is 0.137 e. The van der Waals surface area contributed by atoms with Crippen molar-refractivity contribution in [2.24, 2.45) is 0 Å². The standard InChI is InChI=1S/C23H27N3O2/c1-15-12-25-23-20(15)11-18(13-26-23)17-2-3-19(16-4-7-27-8-5-16)21(10-17)22-14-28-9-6-24-22/h2-3,10-13,16,22,24H,4-9,14H2,1H3,(H,25,26)/t22-/m0/s1. The number of hydrogen-bond donors (Lipinski definition) is 2. The van der Waals surface area contributed by atoms with Gasteiger partial charge < -0.3 is 19.8 Å². The molecule has 0 saturated carbocycles. The van der Waals surface area contributed by atoms with Crippen molar-refractivity contribution < 1.29 is 9.47 Å². The van der Waals surface area contributed by atoms with Crippen LogP contribution >= 0.6 is 0 Å². The SMILES string of the molecule is Cc1c[nH]c2ncc(-c3ccc(C4CCOCC4)c([C@@H]4COCCN4)c3)cc12. The zero-order valence-electron chi connectivity index (χ0n) is 16.3. The van der Waals surface area contributed by atoms with Crippen LogP contribution in [0.25, 0.3) is 22.2 Å². The predicted octanol–water partition coefficient (Wildman–Crippen LogP) is 4.09. The van der Waals surface area contributed by atoms with E-state index in [-0.39, 0.29) is 6.04 Å². The fraction of sp³-hybridized carbons (Fsp3) is 0.435. The zero-order valence-corrected chi connectivity index (χ0v) is 16.3. The van der Waals surface area contributed by atoms with Crippen LogP contribution in [-0.4, -0.2) is 42.9 Å². The number of fused-ring (bicyclic) bond motifs is 1.